The second kappa shape index (κ2) is 8.50. The summed E-state index contributed by atoms with van der Waals surface area (Å²) in [4.78, 5) is 12.9. The summed E-state index contributed by atoms with van der Waals surface area (Å²) in [5.41, 5.74) is 1.18. The van der Waals surface area contributed by atoms with Crippen LogP contribution in [0.5, 0.6) is 0 Å². The fourth-order valence-electron chi connectivity index (χ4n) is 2.89. The molecule has 1 heterocycles. The van der Waals surface area contributed by atoms with Gasteiger partial charge in [0.25, 0.3) is 5.69 Å². The highest BCUT2D eigenvalue weighted by atomic mass is 32.2. The second-order valence-corrected chi connectivity index (χ2v) is 7.83. The Balaban J connectivity index is 1.65. The summed E-state index contributed by atoms with van der Waals surface area (Å²) in [6.07, 6.45) is 0.824. The zero-order valence-corrected chi connectivity index (χ0v) is 14.1. The molecule has 0 radical (unpaired) electrons. The second-order valence-electron chi connectivity index (χ2n) is 5.94. The van der Waals surface area contributed by atoms with E-state index in [0.717, 1.165) is 31.6 Å². The Kier molecular flexibility index (Phi) is 6.67. The van der Waals surface area contributed by atoms with Crippen molar-refractivity contribution in [3.63, 3.8) is 0 Å². The molecule has 0 spiro atoms. The van der Waals surface area contributed by atoms with Gasteiger partial charge in [-0.3, -0.25) is 15.0 Å². The number of benzene rings is 1. The van der Waals surface area contributed by atoms with E-state index in [1.54, 1.807) is 12.1 Å². The van der Waals surface area contributed by atoms with Crippen molar-refractivity contribution < 1.29 is 4.92 Å². The fraction of sp³-hybridized carbons (Fsp3) is 0.625. The lowest BCUT2D eigenvalue weighted by atomic mass is 10.1. The van der Waals surface area contributed by atoms with Crippen LogP contribution in [0.1, 0.15) is 19.4 Å². The topological polar surface area (TPSA) is 58.4 Å². The first kappa shape index (κ1) is 17.2. The Bertz CT molecular complexity index is 488. The molecule has 22 heavy (non-hydrogen) atoms. The zero-order chi connectivity index (χ0) is 15.9. The van der Waals surface area contributed by atoms with Crippen LogP contribution in [0, 0.1) is 10.1 Å². The molecule has 0 saturated carbocycles. The average molecular weight is 323 g/mol. The molecule has 0 amide bonds. The largest absolute Gasteiger partial charge is 0.315 e. The van der Waals surface area contributed by atoms with Gasteiger partial charge in [-0.05, 0) is 18.5 Å². The van der Waals surface area contributed by atoms with E-state index in [0.29, 0.717) is 10.5 Å². The summed E-state index contributed by atoms with van der Waals surface area (Å²) in [5, 5.41) is 15.6. The van der Waals surface area contributed by atoms with Gasteiger partial charge in [-0.25, -0.2) is 0 Å². The van der Waals surface area contributed by atoms with Crippen LogP contribution in [0.15, 0.2) is 24.3 Å². The molecule has 1 aromatic carbocycles. The van der Waals surface area contributed by atoms with Crippen LogP contribution in [0.3, 0.4) is 0 Å². The van der Waals surface area contributed by atoms with E-state index in [1.165, 1.54) is 19.2 Å². The summed E-state index contributed by atoms with van der Waals surface area (Å²) in [5.74, 6) is 0. The number of nitro groups is 1. The molecule has 0 aromatic heterocycles. The van der Waals surface area contributed by atoms with Gasteiger partial charge in [-0.2, -0.15) is 11.8 Å². The van der Waals surface area contributed by atoms with Gasteiger partial charge in [-0.15, -0.1) is 0 Å². The molecule has 5 nitrogen and oxygen atoms in total. The molecular formula is C16H25N3O2S. The van der Waals surface area contributed by atoms with Gasteiger partial charge < -0.3 is 5.32 Å². The molecule has 1 fully saturated rings. The van der Waals surface area contributed by atoms with Crippen LogP contribution in [0.2, 0.25) is 0 Å². The number of nitrogens with one attached hydrogen (secondary N) is 1. The van der Waals surface area contributed by atoms with Crippen molar-refractivity contribution in [3.05, 3.63) is 39.9 Å². The van der Waals surface area contributed by atoms with E-state index in [-0.39, 0.29) is 10.6 Å². The first-order chi connectivity index (χ1) is 10.5. The minimum absolute atomic E-state index is 0.172. The van der Waals surface area contributed by atoms with Gasteiger partial charge >= 0.3 is 0 Å². The summed E-state index contributed by atoms with van der Waals surface area (Å²) < 4.78 is 0. The lowest BCUT2D eigenvalue weighted by Crippen LogP contribution is -2.43. The van der Waals surface area contributed by atoms with Crippen LogP contribution in [-0.4, -0.2) is 53.0 Å². The van der Waals surface area contributed by atoms with Crippen molar-refractivity contribution in [2.45, 2.75) is 30.8 Å². The summed E-state index contributed by atoms with van der Waals surface area (Å²) in [7, 11) is 0. The molecule has 6 heteroatoms. The van der Waals surface area contributed by atoms with Crippen molar-refractivity contribution in [1.82, 2.24) is 10.2 Å². The molecule has 2 rings (SSSR count). The number of rotatable bonds is 7. The van der Waals surface area contributed by atoms with Crippen LogP contribution in [-0.2, 0) is 6.42 Å². The Morgan fingerprint density at radius 2 is 2.05 bits per heavy atom. The van der Waals surface area contributed by atoms with Crippen molar-refractivity contribution in [2.24, 2.45) is 0 Å². The van der Waals surface area contributed by atoms with E-state index in [9.17, 15) is 10.1 Å². The molecule has 1 N–H and O–H groups in total. The quantitative estimate of drug-likeness (QED) is 0.475. The van der Waals surface area contributed by atoms with Crippen LogP contribution in [0.4, 0.5) is 5.69 Å². The number of hydrogen-bond donors (Lipinski definition) is 1. The summed E-state index contributed by atoms with van der Waals surface area (Å²) >= 11 is 2.07. The van der Waals surface area contributed by atoms with Crippen molar-refractivity contribution in [2.75, 3.05) is 32.7 Å². The zero-order valence-electron chi connectivity index (χ0n) is 13.3. The van der Waals surface area contributed by atoms with Gasteiger partial charge in [0.2, 0.25) is 0 Å². The number of hydrogen-bond acceptors (Lipinski definition) is 5. The molecule has 1 aromatic rings. The SMILES string of the molecule is CC1CN(CCNCCc2cccc([N+](=O)[O-])c2)CC(C)S1. The first-order valence-corrected chi connectivity index (χ1v) is 8.80. The third kappa shape index (κ3) is 5.59. The van der Waals surface area contributed by atoms with Crippen molar-refractivity contribution in [1.29, 1.82) is 0 Å². The molecule has 122 valence electrons. The van der Waals surface area contributed by atoms with Crippen LogP contribution >= 0.6 is 11.8 Å². The van der Waals surface area contributed by atoms with E-state index in [4.69, 9.17) is 0 Å². The third-order valence-corrected chi connectivity index (χ3v) is 5.04. The maximum absolute atomic E-state index is 10.7. The Morgan fingerprint density at radius 1 is 1.32 bits per heavy atom. The van der Waals surface area contributed by atoms with E-state index >= 15 is 0 Å². The third-order valence-electron chi connectivity index (χ3n) is 3.81. The predicted molar refractivity (Wildman–Crippen MR) is 92.6 cm³/mol. The Morgan fingerprint density at radius 3 is 2.73 bits per heavy atom. The van der Waals surface area contributed by atoms with Gasteiger partial charge in [0.1, 0.15) is 0 Å². The highest BCUT2D eigenvalue weighted by molar-refractivity contribution is 8.00. The average Bonchev–Trinajstić information content (AvgIpc) is 2.46. The van der Waals surface area contributed by atoms with Crippen molar-refractivity contribution >= 4 is 17.4 Å². The summed E-state index contributed by atoms with van der Waals surface area (Å²) in [6.45, 7) is 9.83. The molecule has 0 bridgehead atoms. The normalized spacial score (nSPS) is 22.6. The molecule has 1 aliphatic heterocycles. The predicted octanol–water partition coefficient (Wildman–Crippen LogP) is 2.55. The minimum atomic E-state index is -0.340. The van der Waals surface area contributed by atoms with Gasteiger partial charge in [0.15, 0.2) is 0 Å². The molecular weight excluding hydrogens is 298 g/mol. The Hall–Kier alpha value is -1.11. The monoisotopic (exact) mass is 323 g/mol. The standard InChI is InChI=1S/C16H25N3O2S/c1-13-11-18(12-14(2)22-13)9-8-17-7-6-15-4-3-5-16(10-15)19(20)21/h3-5,10,13-14,17H,6-9,11-12H2,1-2H3. The smallest absolute Gasteiger partial charge is 0.269 e. The number of non-ortho nitro benzene ring substituents is 1. The molecule has 1 saturated heterocycles. The van der Waals surface area contributed by atoms with Crippen molar-refractivity contribution in [3.8, 4) is 0 Å². The maximum atomic E-state index is 10.7. The molecule has 0 aliphatic carbocycles. The van der Waals surface area contributed by atoms with Gasteiger partial charge in [0, 0.05) is 48.8 Å². The first-order valence-electron chi connectivity index (χ1n) is 7.86. The van der Waals surface area contributed by atoms with E-state index in [2.05, 4.69) is 35.8 Å². The molecule has 2 atom stereocenters. The number of thioether (sulfide) groups is 1. The highest BCUT2D eigenvalue weighted by Gasteiger charge is 2.21. The molecule has 1 aliphatic rings. The van der Waals surface area contributed by atoms with Gasteiger partial charge in [0.05, 0.1) is 4.92 Å². The summed E-state index contributed by atoms with van der Waals surface area (Å²) in [6, 6.07) is 6.89. The van der Waals surface area contributed by atoms with E-state index < -0.39 is 0 Å². The fourth-order valence-corrected chi connectivity index (χ4v) is 4.27. The highest BCUT2D eigenvalue weighted by Crippen LogP contribution is 2.24. The number of nitro benzene ring substituents is 1. The van der Waals surface area contributed by atoms with E-state index in [1.807, 2.05) is 6.07 Å². The van der Waals surface area contributed by atoms with Crippen LogP contribution in [0.25, 0.3) is 0 Å². The lowest BCUT2D eigenvalue weighted by molar-refractivity contribution is -0.384. The molecule has 2 unspecified atom stereocenters. The minimum Gasteiger partial charge on any atom is -0.315 e. The lowest BCUT2D eigenvalue weighted by Gasteiger charge is -2.34. The maximum Gasteiger partial charge on any atom is 0.269 e. The Labute approximate surface area is 136 Å². The van der Waals surface area contributed by atoms with Crippen LogP contribution < -0.4 is 5.32 Å². The number of nitrogens with zero attached hydrogens (tertiary/aromatic N) is 2. The van der Waals surface area contributed by atoms with Gasteiger partial charge in [-0.1, -0.05) is 26.0 Å².